The summed E-state index contributed by atoms with van der Waals surface area (Å²) < 4.78 is 6.97. The van der Waals surface area contributed by atoms with Gasteiger partial charge < -0.3 is 9.73 Å². The molecule has 0 aliphatic heterocycles. The van der Waals surface area contributed by atoms with Crippen molar-refractivity contribution in [3.05, 3.63) is 46.7 Å². The molecule has 1 N–H and O–H groups in total. The minimum atomic E-state index is -0.0850. The number of furan rings is 1. The number of carbonyl (C=O) groups excluding carboxylic acids is 1. The molecule has 0 aromatic carbocycles. The minimum absolute atomic E-state index is 0.0850. The van der Waals surface area contributed by atoms with E-state index in [0.717, 1.165) is 20.9 Å². The first kappa shape index (κ1) is 11.7. The number of hydrogen-bond donors (Lipinski definition) is 1. The molecule has 0 radical (unpaired) electrons. The van der Waals surface area contributed by atoms with Crippen molar-refractivity contribution in [1.82, 2.24) is 14.7 Å². The van der Waals surface area contributed by atoms with Gasteiger partial charge in [-0.15, -0.1) is 22.7 Å². The third kappa shape index (κ3) is 1.83. The van der Waals surface area contributed by atoms with Crippen LogP contribution in [0, 0.1) is 0 Å². The third-order valence-corrected chi connectivity index (χ3v) is 4.77. The van der Waals surface area contributed by atoms with E-state index in [0.29, 0.717) is 11.4 Å². The van der Waals surface area contributed by atoms with E-state index in [1.165, 1.54) is 11.3 Å². The second-order valence-electron chi connectivity index (χ2n) is 4.28. The van der Waals surface area contributed by atoms with Crippen LogP contribution in [0.15, 0.2) is 40.7 Å². The monoisotopic (exact) mass is 303 g/mol. The molecule has 0 aliphatic rings. The van der Waals surface area contributed by atoms with E-state index < -0.39 is 0 Å². The summed E-state index contributed by atoms with van der Waals surface area (Å²) in [6, 6.07) is 3.72. The van der Waals surface area contributed by atoms with Crippen LogP contribution in [0.3, 0.4) is 0 Å². The zero-order valence-corrected chi connectivity index (χ0v) is 11.8. The van der Waals surface area contributed by atoms with Crippen LogP contribution in [0.1, 0.15) is 15.2 Å². The van der Waals surface area contributed by atoms with E-state index in [4.69, 9.17) is 4.42 Å². The highest BCUT2D eigenvalue weighted by Gasteiger charge is 2.14. The number of nitrogens with zero attached hydrogens (tertiary/aromatic N) is 2. The highest BCUT2D eigenvalue weighted by molar-refractivity contribution is 7.21. The van der Waals surface area contributed by atoms with Crippen LogP contribution in [0.2, 0.25) is 0 Å². The molecule has 0 spiro atoms. The first-order chi connectivity index (χ1) is 9.81. The molecular weight excluding hydrogens is 294 g/mol. The van der Waals surface area contributed by atoms with Crippen molar-refractivity contribution in [2.45, 2.75) is 6.54 Å². The molecule has 4 rings (SSSR count). The largest absolute Gasteiger partial charge is 0.472 e. The van der Waals surface area contributed by atoms with Crippen molar-refractivity contribution < 1.29 is 9.21 Å². The van der Waals surface area contributed by atoms with Crippen LogP contribution < -0.4 is 5.32 Å². The Balaban J connectivity index is 1.60. The van der Waals surface area contributed by atoms with Gasteiger partial charge in [0.25, 0.3) is 5.91 Å². The Morgan fingerprint density at radius 3 is 3.30 bits per heavy atom. The first-order valence-electron chi connectivity index (χ1n) is 5.95. The zero-order chi connectivity index (χ0) is 13.5. The molecule has 5 nitrogen and oxygen atoms in total. The van der Waals surface area contributed by atoms with Crippen LogP contribution in [0.4, 0.5) is 0 Å². The SMILES string of the molecule is O=C(NCc1ccoc1)c1cc2c(nc3sccn32)s1. The Morgan fingerprint density at radius 2 is 2.45 bits per heavy atom. The Kier molecular flexibility index (Phi) is 2.61. The van der Waals surface area contributed by atoms with E-state index in [9.17, 15) is 4.79 Å². The molecule has 20 heavy (non-hydrogen) atoms. The summed E-state index contributed by atoms with van der Waals surface area (Å²) in [4.78, 5) is 19.1. The fraction of sp³-hybridized carbons (Fsp3) is 0.0769. The van der Waals surface area contributed by atoms with Gasteiger partial charge in [0.1, 0.15) is 4.83 Å². The van der Waals surface area contributed by atoms with E-state index in [2.05, 4.69) is 10.3 Å². The van der Waals surface area contributed by atoms with Crippen molar-refractivity contribution >= 4 is 43.9 Å². The molecule has 4 heterocycles. The Bertz CT molecular complexity index is 885. The zero-order valence-electron chi connectivity index (χ0n) is 10.2. The van der Waals surface area contributed by atoms with Gasteiger partial charge in [-0.25, -0.2) is 4.98 Å². The molecular formula is C13H9N3O2S2. The second-order valence-corrected chi connectivity index (χ2v) is 6.19. The van der Waals surface area contributed by atoms with Gasteiger partial charge in [0.2, 0.25) is 0 Å². The predicted molar refractivity (Wildman–Crippen MR) is 78.3 cm³/mol. The number of rotatable bonds is 3. The van der Waals surface area contributed by atoms with Crippen molar-refractivity contribution in [2.24, 2.45) is 0 Å². The summed E-state index contributed by atoms with van der Waals surface area (Å²) in [5.41, 5.74) is 1.93. The number of amides is 1. The summed E-state index contributed by atoms with van der Waals surface area (Å²) in [7, 11) is 0. The summed E-state index contributed by atoms with van der Waals surface area (Å²) in [5.74, 6) is -0.0850. The number of nitrogens with one attached hydrogen (secondary N) is 1. The fourth-order valence-corrected chi connectivity index (χ4v) is 3.74. The topological polar surface area (TPSA) is 59.5 Å². The molecule has 0 unspecified atom stereocenters. The maximum atomic E-state index is 12.1. The van der Waals surface area contributed by atoms with E-state index in [1.54, 1.807) is 23.9 Å². The molecule has 0 saturated heterocycles. The number of thiophene rings is 1. The molecule has 0 atom stereocenters. The Hall–Kier alpha value is -2.12. The van der Waals surface area contributed by atoms with Crippen LogP contribution in [-0.4, -0.2) is 15.3 Å². The van der Waals surface area contributed by atoms with Crippen molar-refractivity contribution in [3.63, 3.8) is 0 Å². The van der Waals surface area contributed by atoms with E-state index in [-0.39, 0.29) is 5.91 Å². The quantitative estimate of drug-likeness (QED) is 0.632. The van der Waals surface area contributed by atoms with Crippen LogP contribution in [-0.2, 0) is 6.54 Å². The number of thiazole rings is 1. The molecule has 100 valence electrons. The number of imidazole rings is 1. The van der Waals surface area contributed by atoms with E-state index >= 15 is 0 Å². The molecule has 7 heteroatoms. The van der Waals surface area contributed by atoms with Crippen molar-refractivity contribution in [3.8, 4) is 0 Å². The first-order valence-corrected chi connectivity index (χ1v) is 7.65. The standard InChI is InChI=1S/C13H9N3O2S2/c17-11(14-6-8-1-3-18-7-8)10-5-9-12(20-10)15-13-16(9)2-4-19-13/h1-5,7H,6H2,(H,14,17). The lowest BCUT2D eigenvalue weighted by Crippen LogP contribution is -2.21. The number of hydrogen-bond acceptors (Lipinski definition) is 5. The second kappa shape index (κ2) is 4.46. The Morgan fingerprint density at radius 1 is 1.50 bits per heavy atom. The Labute approximate surface area is 121 Å². The number of carbonyl (C=O) groups is 1. The van der Waals surface area contributed by atoms with Crippen LogP contribution in [0.5, 0.6) is 0 Å². The number of aromatic nitrogens is 2. The maximum absolute atomic E-state index is 12.1. The van der Waals surface area contributed by atoms with Gasteiger partial charge in [-0.3, -0.25) is 9.20 Å². The highest BCUT2D eigenvalue weighted by Crippen LogP contribution is 2.28. The summed E-state index contributed by atoms with van der Waals surface area (Å²) in [5, 5.41) is 4.86. The summed E-state index contributed by atoms with van der Waals surface area (Å²) in [6.07, 6.45) is 5.18. The lowest BCUT2D eigenvalue weighted by atomic mass is 10.3. The lowest BCUT2D eigenvalue weighted by molar-refractivity contribution is 0.0955. The molecule has 1 amide bonds. The molecule has 4 aromatic heterocycles. The average molecular weight is 303 g/mol. The lowest BCUT2D eigenvalue weighted by Gasteiger charge is -2.00. The normalized spacial score (nSPS) is 11.4. The van der Waals surface area contributed by atoms with Crippen LogP contribution >= 0.6 is 22.7 Å². The number of fused-ring (bicyclic) bond motifs is 3. The maximum Gasteiger partial charge on any atom is 0.261 e. The molecule has 0 saturated carbocycles. The van der Waals surface area contributed by atoms with E-state index in [1.807, 2.05) is 28.1 Å². The van der Waals surface area contributed by atoms with Gasteiger partial charge in [0.15, 0.2) is 4.96 Å². The predicted octanol–water partition coefficient (Wildman–Crippen LogP) is 3.13. The summed E-state index contributed by atoms with van der Waals surface area (Å²) in [6.45, 7) is 0.464. The van der Waals surface area contributed by atoms with Gasteiger partial charge in [-0.1, -0.05) is 0 Å². The average Bonchev–Trinajstić information content (AvgIpc) is 3.17. The highest BCUT2D eigenvalue weighted by atomic mass is 32.1. The van der Waals surface area contributed by atoms with Gasteiger partial charge >= 0.3 is 0 Å². The smallest absolute Gasteiger partial charge is 0.261 e. The molecule has 4 aromatic rings. The molecule has 0 aliphatic carbocycles. The van der Waals surface area contributed by atoms with Gasteiger partial charge in [-0.05, 0) is 12.1 Å². The van der Waals surface area contributed by atoms with Gasteiger partial charge in [-0.2, -0.15) is 0 Å². The van der Waals surface area contributed by atoms with Crippen molar-refractivity contribution in [2.75, 3.05) is 0 Å². The van der Waals surface area contributed by atoms with Gasteiger partial charge in [0, 0.05) is 23.7 Å². The third-order valence-electron chi connectivity index (χ3n) is 3.00. The van der Waals surface area contributed by atoms with Crippen LogP contribution in [0.25, 0.3) is 15.3 Å². The fourth-order valence-electron chi connectivity index (χ4n) is 2.02. The molecule has 0 bridgehead atoms. The minimum Gasteiger partial charge on any atom is -0.472 e. The van der Waals surface area contributed by atoms with Gasteiger partial charge in [0.05, 0.1) is 22.9 Å². The summed E-state index contributed by atoms with van der Waals surface area (Å²) >= 11 is 3.00. The van der Waals surface area contributed by atoms with Crippen molar-refractivity contribution in [1.29, 1.82) is 0 Å². The molecule has 0 fully saturated rings.